The number of rotatable bonds is 6. The van der Waals surface area contributed by atoms with E-state index in [1.165, 1.54) is 5.56 Å². The summed E-state index contributed by atoms with van der Waals surface area (Å²) in [6, 6.07) is 7.90. The predicted molar refractivity (Wildman–Crippen MR) is 92.0 cm³/mol. The van der Waals surface area contributed by atoms with Crippen LogP contribution >= 0.6 is 0 Å². The van der Waals surface area contributed by atoms with E-state index in [0.29, 0.717) is 5.75 Å². The molecule has 1 amide bonds. The van der Waals surface area contributed by atoms with Crippen molar-refractivity contribution < 1.29 is 19.1 Å². The standard InChI is InChI=1S/C19H27NO4/c1-12(17(21)20-15-8-9-15)24-18(22)13(2)23-16-10-6-14(7-11-16)19(3,4)5/h6-7,10-13,15H,8-9H2,1-5H3,(H,20,21)/t12-,13-/m0/s1. The lowest BCUT2D eigenvalue weighted by Crippen LogP contribution is -2.39. The van der Waals surface area contributed by atoms with Gasteiger partial charge >= 0.3 is 5.97 Å². The van der Waals surface area contributed by atoms with Crippen LogP contribution in [0.25, 0.3) is 0 Å². The van der Waals surface area contributed by atoms with Gasteiger partial charge in [0, 0.05) is 6.04 Å². The third-order valence-corrected chi connectivity index (χ3v) is 3.95. The highest BCUT2D eigenvalue weighted by Crippen LogP contribution is 2.24. The zero-order chi connectivity index (χ0) is 17.9. The lowest BCUT2D eigenvalue weighted by molar-refractivity contribution is -0.160. The molecule has 5 nitrogen and oxygen atoms in total. The fourth-order valence-electron chi connectivity index (χ4n) is 2.16. The monoisotopic (exact) mass is 333 g/mol. The Kier molecular flexibility index (Phi) is 5.52. The van der Waals surface area contributed by atoms with Gasteiger partial charge in [-0.1, -0.05) is 32.9 Å². The zero-order valence-electron chi connectivity index (χ0n) is 15.1. The van der Waals surface area contributed by atoms with Gasteiger partial charge in [0.2, 0.25) is 0 Å². The van der Waals surface area contributed by atoms with Crippen molar-refractivity contribution in [1.29, 1.82) is 0 Å². The fourth-order valence-corrected chi connectivity index (χ4v) is 2.16. The summed E-state index contributed by atoms with van der Waals surface area (Å²) in [5, 5.41) is 2.81. The van der Waals surface area contributed by atoms with Crippen LogP contribution in [-0.4, -0.2) is 30.1 Å². The Morgan fingerprint density at radius 1 is 1.08 bits per heavy atom. The molecule has 24 heavy (non-hydrogen) atoms. The Bertz CT molecular complexity index is 584. The molecular weight excluding hydrogens is 306 g/mol. The van der Waals surface area contributed by atoms with E-state index in [-0.39, 0.29) is 17.4 Å². The number of esters is 1. The Hall–Kier alpha value is -2.04. The van der Waals surface area contributed by atoms with Gasteiger partial charge in [0.15, 0.2) is 12.2 Å². The van der Waals surface area contributed by atoms with Gasteiger partial charge < -0.3 is 14.8 Å². The van der Waals surface area contributed by atoms with Crippen molar-refractivity contribution in [3.63, 3.8) is 0 Å². The van der Waals surface area contributed by atoms with Crippen LogP contribution < -0.4 is 10.1 Å². The van der Waals surface area contributed by atoms with E-state index < -0.39 is 18.2 Å². The second-order valence-corrected chi connectivity index (χ2v) is 7.40. The molecule has 0 spiro atoms. The average molecular weight is 333 g/mol. The number of carbonyl (C=O) groups excluding carboxylic acids is 2. The number of hydrogen-bond donors (Lipinski definition) is 1. The van der Waals surface area contributed by atoms with Crippen LogP contribution in [-0.2, 0) is 19.7 Å². The molecule has 2 rings (SSSR count). The first-order valence-corrected chi connectivity index (χ1v) is 8.45. The van der Waals surface area contributed by atoms with E-state index in [1.807, 2.05) is 24.3 Å². The maximum atomic E-state index is 12.1. The van der Waals surface area contributed by atoms with E-state index in [4.69, 9.17) is 9.47 Å². The van der Waals surface area contributed by atoms with Crippen LogP contribution in [0.3, 0.4) is 0 Å². The van der Waals surface area contributed by atoms with Gasteiger partial charge in [0.1, 0.15) is 5.75 Å². The third-order valence-electron chi connectivity index (χ3n) is 3.95. The maximum absolute atomic E-state index is 12.1. The molecule has 0 saturated heterocycles. The summed E-state index contributed by atoms with van der Waals surface area (Å²) in [4.78, 5) is 23.9. The summed E-state index contributed by atoms with van der Waals surface area (Å²) in [6.07, 6.45) is 0.404. The number of benzene rings is 1. The maximum Gasteiger partial charge on any atom is 0.347 e. The number of amides is 1. The minimum Gasteiger partial charge on any atom is -0.479 e. The van der Waals surface area contributed by atoms with Gasteiger partial charge in [0.05, 0.1) is 0 Å². The Morgan fingerprint density at radius 3 is 2.17 bits per heavy atom. The minimum absolute atomic E-state index is 0.0629. The van der Waals surface area contributed by atoms with Crippen molar-refractivity contribution in [2.24, 2.45) is 0 Å². The number of hydrogen-bond acceptors (Lipinski definition) is 4. The molecule has 1 aromatic rings. The quantitative estimate of drug-likeness (QED) is 0.813. The van der Waals surface area contributed by atoms with Gasteiger partial charge in [-0.15, -0.1) is 0 Å². The first-order chi connectivity index (χ1) is 11.2. The molecule has 0 bridgehead atoms. The molecule has 0 unspecified atom stereocenters. The van der Waals surface area contributed by atoms with E-state index in [2.05, 4.69) is 26.1 Å². The molecule has 0 radical (unpaired) electrons. The van der Waals surface area contributed by atoms with E-state index >= 15 is 0 Å². The van der Waals surface area contributed by atoms with Crippen LogP contribution in [0.15, 0.2) is 24.3 Å². The summed E-state index contributed by atoms with van der Waals surface area (Å²) in [5.41, 5.74) is 1.25. The second kappa shape index (κ2) is 7.24. The lowest BCUT2D eigenvalue weighted by Gasteiger charge is -2.20. The molecular formula is C19H27NO4. The van der Waals surface area contributed by atoms with Gasteiger partial charge in [-0.3, -0.25) is 4.79 Å². The van der Waals surface area contributed by atoms with Crippen molar-refractivity contribution >= 4 is 11.9 Å². The van der Waals surface area contributed by atoms with Gasteiger partial charge in [-0.05, 0) is 49.8 Å². The molecule has 1 N–H and O–H groups in total. The summed E-state index contributed by atoms with van der Waals surface area (Å²) >= 11 is 0. The topological polar surface area (TPSA) is 64.6 Å². The van der Waals surface area contributed by atoms with E-state index in [0.717, 1.165) is 12.8 Å². The second-order valence-electron chi connectivity index (χ2n) is 7.40. The third kappa shape index (κ3) is 5.25. The van der Waals surface area contributed by atoms with Crippen LogP contribution in [0.4, 0.5) is 0 Å². The summed E-state index contributed by atoms with van der Waals surface area (Å²) in [6.45, 7) is 9.59. The minimum atomic E-state index is -0.813. The fraction of sp³-hybridized carbons (Fsp3) is 0.579. The first kappa shape index (κ1) is 18.3. The summed E-state index contributed by atoms with van der Waals surface area (Å²) < 4.78 is 10.8. The van der Waals surface area contributed by atoms with Gasteiger partial charge in [0.25, 0.3) is 5.91 Å². The molecule has 1 saturated carbocycles. The van der Waals surface area contributed by atoms with Gasteiger partial charge in [-0.25, -0.2) is 4.79 Å². The van der Waals surface area contributed by atoms with Crippen LogP contribution in [0, 0.1) is 0 Å². The molecule has 0 aliphatic heterocycles. The van der Waals surface area contributed by atoms with Crippen molar-refractivity contribution in [2.75, 3.05) is 0 Å². The first-order valence-electron chi connectivity index (χ1n) is 8.45. The Balaban J connectivity index is 1.85. The number of carbonyl (C=O) groups is 2. The molecule has 1 fully saturated rings. The molecule has 0 heterocycles. The molecule has 1 aromatic carbocycles. The highest BCUT2D eigenvalue weighted by Gasteiger charge is 2.28. The average Bonchev–Trinajstić information content (AvgIpc) is 3.30. The molecule has 0 aromatic heterocycles. The van der Waals surface area contributed by atoms with Gasteiger partial charge in [-0.2, -0.15) is 0 Å². The smallest absolute Gasteiger partial charge is 0.347 e. The Labute approximate surface area is 143 Å². The number of ether oxygens (including phenoxy) is 2. The summed E-state index contributed by atoms with van der Waals surface area (Å²) in [7, 11) is 0. The molecule has 1 aliphatic rings. The van der Waals surface area contributed by atoms with E-state index in [1.54, 1.807) is 13.8 Å². The van der Waals surface area contributed by atoms with Crippen molar-refractivity contribution in [3.8, 4) is 5.75 Å². The van der Waals surface area contributed by atoms with Crippen molar-refractivity contribution in [1.82, 2.24) is 5.32 Å². The van der Waals surface area contributed by atoms with Crippen molar-refractivity contribution in [3.05, 3.63) is 29.8 Å². The molecule has 2 atom stereocenters. The highest BCUT2D eigenvalue weighted by molar-refractivity contribution is 5.84. The number of nitrogens with one attached hydrogen (secondary N) is 1. The van der Waals surface area contributed by atoms with Crippen LogP contribution in [0.1, 0.15) is 53.0 Å². The largest absolute Gasteiger partial charge is 0.479 e. The van der Waals surface area contributed by atoms with Crippen LogP contribution in [0.2, 0.25) is 0 Å². The SMILES string of the molecule is C[C@H](OC(=O)[C@H](C)Oc1ccc(C(C)(C)C)cc1)C(=O)NC1CC1. The zero-order valence-corrected chi connectivity index (χ0v) is 15.1. The highest BCUT2D eigenvalue weighted by atomic mass is 16.6. The summed E-state index contributed by atoms with van der Waals surface area (Å²) in [5.74, 6) is -0.205. The molecule has 132 valence electrons. The Morgan fingerprint density at radius 2 is 1.67 bits per heavy atom. The van der Waals surface area contributed by atoms with Crippen molar-refractivity contribution in [2.45, 2.75) is 71.1 Å². The molecule has 5 heteroatoms. The van der Waals surface area contributed by atoms with Crippen LogP contribution in [0.5, 0.6) is 5.75 Å². The lowest BCUT2D eigenvalue weighted by atomic mass is 9.87. The molecule has 1 aliphatic carbocycles. The predicted octanol–water partition coefficient (Wildman–Crippen LogP) is 2.96. The normalized spacial score (nSPS) is 16.9. The van der Waals surface area contributed by atoms with E-state index in [9.17, 15) is 9.59 Å².